The number of hydrogen-bond acceptors (Lipinski definition) is 6. The first-order valence-electron chi connectivity index (χ1n) is 7.45. The lowest BCUT2D eigenvalue weighted by molar-refractivity contribution is -0.385. The average molecular weight is 406 g/mol. The summed E-state index contributed by atoms with van der Waals surface area (Å²) in [4.78, 5) is 11.9. The van der Waals surface area contributed by atoms with Crippen LogP contribution in [0.15, 0.2) is 64.7 Å². The molecule has 0 saturated carbocycles. The van der Waals surface area contributed by atoms with Gasteiger partial charge in [-0.3, -0.25) is 15.2 Å². The molecule has 27 heavy (non-hydrogen) atoms. The number of aromatic nitrogens is 2. The number of H-pyrrole nitrogens is 1. The molecule has 11 heteroatoms. The molecular weight excluding hydrogens is 394 g/mol. The zero-order chi connectivity index (χ0) is 19.4. The quantitative estimate of drug-likeness (QED) is 0.370. The lowest BCUT2D eigenvalue weighted by Gasteiger charge is -2.03. The van der Waals surface area contributed by atoms with Crippen LogP contribution in [-0.2, 0) is 10.0 Å². The highest BCUT2D eigenvalue weighted by Gasteiger charge is 2.17. The van der Waals surface area contributed by atoms with E-state index in [1.807, 2.05) is 4.83 Å². The molecule has 0 atom stereocenters. The number of nitrogens with zero attached hydrogens (tertiary/aromatic N) is 3. The maximum absolute atomic E-state index is 12.2. The van der Waals surface area contributed by atoms with E-state index in [1.54, 1.807) is 24.3 Å². The minimum Gasteiger partial charge on any atom is -0.277 e. The zero-order valence-corrected chi connectivity index (χ0v) is 15.1. The van der Waals surface area contributed by atoms with E-state index in [0.29, 0.717) is 16.3 Å². The lowest BCUT2D eigenvalue weighted by Crippen LogP contribution is -2.18. The van der Waals surface area contributed by atoms with E-state index in [2.05, 4.69) is 15.3 Å². The standard InChI is InChI=1S/C16H12ClN5O4S/c17-13-6-4-11(5-7-13)16-12(9-18-20-16)10-19-21-27(25,26)15-3-1-2-14(8-15)22(23)24/h1-10,21H,(H,18,20)/b19-10-. The molecule has 0 aliphatic heterocycles. The average Bonchev–Trinajstić information content (AvgIpc) is 3.11. The van der Waals surface area contributed by atoms with E-state index in [9.17, 15) is 18.5 Å². The number of rotatable bonds is 6. The molecule has 138 valence electrons. The van der Waals surface area contributed by atoms with Crippen molar-refractivity contribution >= 4 is 33.5 Å². The molecule has 9 nitrogen and oxygen atoms in total. The molecule has 0 aliphatic rings. The molecule has 0 fully saturated rings. The maximum Gasteiger partial charge on any atom is 0.276 e. The highest BCUT2D eigenvalue weighted by atomic mass is 35.5. The van der Waals surface area contributed by atoms with Crippen molar-refractivity contribution in [1.82, 2.24) is 15.0 Å². The fraction of sp³-hybridized carbons (Fsp3) is 0. The van der Waals surface area contributed by atoms with Crippen molar-refractivity contribution in [3.05, 3.63) is 75.4 Å². The molecule has 1 aromatic heterocycles. The SMILES string of the molecule is O=[N+]([O-])c1cccc(S(=O)(=O)N/N=C\c2cn[nH]c2-c2ccc(Cl)cc2)c1. The van der Waals surface area contributed by atoms with Crippen LogP contribution in [0, 0.1) is 10.1 Å². The number of non-ortho nitro benzene ring substituents is 1. The Kier molecular flexibility index (Phi) is 5.19. The van der Waals surface area contributed by atoms with Gasteiger partial charge in [-0.15, -0.1) is 0 Å². The van der Waals surface area contributed by atoms with Crippen LogP contribution in [0.4, 0.5) is 5.69 Å². The van der Waals surface area contributed by atoms with Gasteiger partial charge in [0.2, 0.25) is 0 Å². The summed E-state index contributed by atoms with van der Waals surface area (Å²) in [6.45, 7) is 0. The predicted octanol–water partition coefficient (Wildman–Crippen LogP) is 2.95. The Balaban J connectivity index is 1.80. The Morgan fingerprint density at radius 3 is 2.67 bits per heavy atom. The van der Waals surface area contributed by atoms with E-state index in [1.165, 1.54) is 30.6 Å². The van der Waals surface area contributed by atoms with Gasteiger partial charge in [-0.1, -0.05) is 29.8 Å². The molecule has 0 spiro atoms. The molecule has 0 amide bonds. The third kappa shape index (κ3) is 4.30. The summed E-state index contributed by atoms with van der Waals surface area (Å²) in [5.74, 6) is 0. The van der Waals surface area contributed by atoms with E-state index in [0.717, 1.165) is 11.6 Å². The maximum atomic E-state index is 12.2. The van der Waals surface area contributed by atoms with Gasteiger partial charge in [0.25, 0.3) is 15.7 Å². The van der Waals surface area contributed by atoms with Crippen LogP contribution in [-0.4, -0.2) is 29.8 Å². The minimum atomic E-state index is -4.05. The molecule has 0 aliphatic carbocycles. The summed E-state index contributed by atoms with van der Waals surface area (Å²) in [5.41, 5.74) is 1.63. The number of aromatic amines is 1. The first kappa shape index (κ1) is 18.5. The normalized spacial score (nSPS) is 11.6. The zero-order valence-electron chi connectivity index (χ0n) is 13.5. The molecule has 0 bridgehead atoms. The highest BCUT2D eigenvalue weighted by molar-refractivity contribution is 7.89. The van der Waals surface area contributed by atoms with E-state index >= 15 is 0 Å². The van der Waals surface area contributed by atoms with Crippen LogP contribution >= 0.6 is 11.6 Å². The van der Waals surface area contributed by atoms with Gasteiger partial charge in [0.15, 0.2) is 0 Å². The largest absolute Gasteiger partial charge is 0.277 e. The molecule has 3 aromatic rings. The summed E-state index contributed by atoms with van der Waals surface area (Å²) in [6, 6.07) is 11.7. The monoisotopic (exact) mass is 405 g/mol. The fourth-order valence-electron chi connectivity index (χ4n) is 2.22. The molecule has 0 saturated heterocycles. The van der Waals surface area contributed by atoms with Crippen LogP contribution in [0.1, 0.15) is 5.56 Å². The van der Waals surface area contributed by atoms with Gasteiger partial charge in [0.1, 0.15) is 0 Å². The van der Waals surface area contributed by atoms with Gasteiger partial charge in [-0.2, -0.15) is 18.6 Å². The Hall–Kier alpha value is -3.24. The van der Waals surface area contributed by atoms with Gasteiger partial charge in [0.05, 0.1) is 27.9 Å². The Labute approximate surface area is 158 Å². The number of hydrogen-bond donors (Lipinski definition) is 2. The second kappa shape index (κ2) is 7.56. The van der Waals surface area contributed by atoms with Crippen molar-refractivity contribution in [3.63, 3.8) is 0 Å². The second-order valence-electron chi connectivity index (χ2n) is 5.31. The molecule has 2 aromatic carbocycles. The van der Waals surface area contributed by atoms with Crippen LogP contribution in [0.25, 0.3) is 11.3 Å². The molecule has 0 radical (unpaired) electrons. The molecular formula is C16H12ClN5O4S. The van der Waals surface area contributed by atoms with Crippen molar-refractivity contribution < 1.29 is 13.3 Å². The lowest BCUT2D eigenvalue weighted by atomic mass is 10.1. The van der Waals surface area contributed by atoms with Crippen molar-refractivity contribution in [2.75, 3.05) is 0 Å². The van der Waals surface area contributed by atoms with Crippen LogP contribution < -0.4 is 4.83 Å². The van der Waals surface area contributed by atoms with Crippen molar-refractivity contribution in [3.8, 4) is 11.3 Å². The molecule has 0 unspecified atom stereocenters. The summed E-state index contributed by atoms with van der Waals surface area (Å²) in [5, 5.41) is 21.8. The first-order valence-corrected chi connectivity index (χ1v) is 9.31. The van der Waals surface area contributed by atoms with Gasteiger partial charge < -0.3 is 0 Å². The van der Waals surface area contributed by atoms with Gasteiger partial charge in [-0.25, -0.2) is 4.83 Å². The van der Waals surface area contributed by atoms with Crippen LogP contribution in [0.3, 0.4) is 0 Å². The summed E-state index contributed by atoms with van der Waals surface area (Å²) in [6.07, 6.45) is 2.76. The van der Waals surface area contributed by atoms with E-state index in [4.69, 9.17) is 11.6 Å². The fourth-order valence-corrected chi connectivity index (χ4v) is 3.18. The van der Waals surface area contributed by atoms with Gasteiger partial charge >= 0.3 is 0 Å². The third-order valence-corrected chi connectivity index (χ3v) is 4.99. The first-order chi connectivity index (χ1) is 12.9. The Bertz CT molecular complexity index is 1110. The second-order valence-corrected chi connectivity index (χ2v) is 7.41. The van der Waals surface area contributed by atoms with Crippen molar-refractivity contribution in [2.45, 2.75) is 4.90 Å². The Morgan fingerprint density at radius 1 is 1.22 bits per heavy atom. The summed E-state index contributed by atoms with van der Waals surface area (Å²) < 4.78 is 24.5. The number of nitro benzene ring substituents is 1. The number of hydrazone groups is 1. The molecule has 2 N–H and O–H groups in total. The van der Waals surface area contributed by atoms with E-state index in [-0.39, 0.29) is 10.6 Å². The number of benzene rings is 2. The van der Waals surface area contributed by atoms with Crippen LogP contribution in [0.2, 0.25) is 5.02 Å². The highest BCUT2D eigenvalue weighted by Crippen LogP contribution is 2.22. The number of halogens is 1. The van der Waals surface area contributed by atoms with E-state index < -0.39 is 14.9 Å². The third-order valence-electron chi connectivity index (χ3n) is 3.52. The van der Waals surface area contributed by atoms with Crippen molar-refractivity contribution in [2.24, 2.45) is 5.10 Å². The summed E-state index contributed by atoms with van der Waals surface area (Å²) >= 11 is 5.86. The minimum absolute atomic E-state index is 0.265. The van der Waals surface area contributed by atoms with Gasteiger partial charge in [0, 0.05) is 28.3 Å². The number of nitrogens with one attached hydrogen (secondary N) is 2. The molecule has 1 heterocycles. The van der Waals surface area contributed by atoms with Crippen LogP contribution in [0.5, 0.6) is 0 Å². The van der Waals surface area contributed by atoms with Gasteiger partial charge in [-0.05, 0) is 18.2 Å². The van der Waals surface area contributed by atoms with Crippen molar-refractivity contribution in [1.29, 1.82) is 0 Å². The number of sulfonamides is 1. The number of nitro groups is 1. The predicted molar refractivity (Wildman–Crippen MR) is 100 cm³/mol. The summed E-state index contributed by atoms with van der Waals surface area (Å²) in [7, 11) is -4.05. The smallest absolute Gasteiger partial charge is 0.276 e. The topological polar surface area (TPSA) is 130 Å². The Morgan fingerprint density at radius 2 is 1.96 bits per heavy atom. The molecule has 3 rings (SSSR count).